The zero-order valence-corrected chi connectivity index (χ0v) is 7.93. The van der Waals surface area contributed by atoms with E-state index in [1.54, 1.807) is 19.4 Å². The minimum atomic E-state index is -0.510. The molecule has 1 rings (SSSR count). The van der Waals surface area contributed by atoms with Crippen molar-refractivity contribution in [3.63, 3.8) is 0 Å². The van der Waals surface area contributed by atoms with E-state index in [2.05, 4.69) is 4.98 Å². The van der Waals surface area contributed by atoms with Gasteiger partial charge in [0.15, 0.2) is 0 Å². The Labute approximate surface area is 82.1 Å². The fourth-order valence-electron chi connectivity index (χ4n) is 1.07. The second kappa shape index (κ2) is 4.69. The Kier molecular flexibility index (Phi) is 3.55. The van der Waals surface area contributed by atoms with Crippen LogP contribution < -0.4 is 11.5 Å². The van der Waals surface area contributed by atoms with Crippen molar-refractivity contribution >= 4 is 5.91 Å². The summed E-state index contributed by atoms with van der Waals surface area (Å²) in [4.78, 5) is 14.7. The Balaban J connectivity index is 2.87. The van der Waals surface area contributed by atoms with Crippen molar-refractivity contribution in [3.05, 3.63) is 29.6 Å². The second-order valence-corrected chi connectivity index (χ2v) is 2.93. The van der Waals surface area contributed by atoms with Crippen LogP contribution in [0.15, 0.2) is 18.5 Å². The summed E-state index contributed by atoms with van der Waals surface area (Å²) in [7, 11) is 1.56. The third kappa shape index (κ3) is 2.51. The lowest BCUT2D eigenvalue weighted by Crippen LogP contribution is -2.18. The van der Waals surface area contributed by atoms with Gasteiger partial charge >= 0.3 is 0 Å². The third-order valence-electron chi connectivity index (χ3n) is 1.82. The number of rotatable bonds is 4. The quantitative estimate of drug-likeness (QED) is 0.697. The fraction of sp³-hybridized carbons (Fsp3) is 0.333. The van der Waals surface area contributed by atoms with Crippen LogP contribution in [0.3, 0.4) is 0 Å². The molecule has 0 spiro atoms. The first kappa shape index (κ1) is 10.6. The number of pyridine rings is 1. The van der Waals surface area contributed by atoms with Crippen LogP contribution in [-0.2, 0) is 4.74 Å². The number of amides is 1. The smallest absolute Gasteiger partial charge is 0.250 e. The summed E-state index contributed by atoms with van der Waals surface area (Å²) in [5.41, 5.74) is 12.0. The number of carbonyl (C=O) groups excluding carboxylic acids is 1. The maximum absolute atomic E-state index is 10.8. The molecule has 14 heavy (non-hydrogen) atoms. The number of nitrogens with zero attached hydrogens (tertiary/aromatic N) is 1. The van der Waals surface area contributed by atoms with E-state index in [9.17, 15) is 4.79 Å². The van der Waals surface area contributed by atoms with Gasteiger partial charge in [0.2, 0.25) is 5.91 Å². The van der Waals surface area contributed by atoms with Crippen molar-refractivity contribution in [3.8, 4) is 0 Å². The molecule has 76 valence electrons. The van der Waals surface area contributed by atoms with Crippen molar-refractivity contribution in [1.82, 2.24) is 4.98 Å². The number of ether oxygens (including phenoxy) is 1. The normalized spacial score (nSPS) is 12.4. The molecule has 1 amide bonds. The molecule has 1 atom stereocenters. The van der Waals surface area contributed by atoms with Gasteiger partial charge in [-0.2, -0.15) is 0 Å². The van der Waals surface area contributed by atoms with E-state index in [1.807, 2.05) is 0 Å². The van der Waals surface area contributed by atoms with Crippen LogP contribution in [0, 0.1) is 0 Å². The van der Waals surface area contributed by atoms with Crippen molar-refractivity contribution < 1.29 is 9.53 Å². The van der Waals surface area contributed by atoms with Crippen LogP contribution in [0.25, 0.3) is 0 Å². The standard InChI is InChI=1S/C9H13N3O2/c1-14-5-8(10)6-2-7(9(11)13)4-12-3-6/h2-4,8H,5,10H2,1H3,(H2,11,13). The number of hydrogen-bond donors (Lipinski definition) is 2. The maximum Gasteiger partial charge on any atom is 0.250 e. The van der Waals surface area contributed by atoms with Crippen LogP contribution in [0.2, 0.25) is 0 Å². The molecule has 0 saturated carbocycles. The van der Waals surface area contributed by atoms with Gasteiger partial charge in [0.1, 0.15) is 0 Å². The zero-order chi connectivity index (χ0) is 10.6. The highest BCUT2D eigenvalue weighted by Crippen LogP contribution is 2.10. The molecule has 1 heterocycles. The van der Waals surface area contributed by atoms with E-state index in [4.69, 9.17) is 16.2 Å². The summed E-state index contributed by atoms with van der Waals surface area (Å²) < 4.78 is 4.89. The van der Waals surface area contributed by atoms with Crippen molar-refractivity contribution in [2.24, 2.45) is 11.5 Å². The van der Waals surface area contributed by atoms with Crippen LogP contribution >= 0.6 is 0 Å². The molecule has 0 fully saturated rings. The van der Waals surface area contributed by atoms with Crippen molar-refractivity contribution in [2.45, 2.75) is 6.04 Å². The number of primary amides is 1. The van der Waals surface area contributed by atoms with Gasteiger partial charge in [0.05, 0.1) is 18.2 Å². The summed E-state index contributed by atoms with van der Waals surface area (Å²) in [5.74, 6) is -0.510. The summed E-state index contributed by atoms with van der Waals surface area (Å²) in [6, 6.07) is 1.34. The number of hydrogen-bond acceptors (Lipinski definition) is 4. The van der Waals surface area contributed by atoms with Gasteiger partial charge in [-0.25, -0.2) is 0 Å². The Morgan fingerprint density at radius 1 is 1.64 bits per heavy atom. The minimum absolute atomic E-state index is 0.285. The first-order valence-corrected chi connectivity index (χ1v) is 4.14. The van der Waals surface area contributed by atoms with Gasteiger partial charge in [0, 0.05) is 19.5 Å². The highest BCUT2D eigenvalue weighted by atomic mass is 16.5. The Morgan fingerprint density at radius 2 is 2.36 bits per heavy atom. The molecule has 0 aliphatic rings. The average Bonchev–Trinajstić information content (AvgIpc) is 2.18. The lowest BCUT2D eigenvalue weighted by molar-refractivity contribution is 0.0999. The Hall–Kier alpha value is -1.46. The zero-order valence-electron chi connectivity index (χ0n) is 7.93. The molecular formula is C9H13N3O2. The highest BCUT2D eigenvalue weighted by molar-refractivity contribution is 5.92. The van der Waals surface area contributed by atoms with Crippen LogP contribution in [0.4, 0.5) is 0 Å². The van der Waals surface area contributed by atoms with E-state index < -0.39 is 5.91 Å². The van der Waals surface area contributed by atoms with Gasteiger partial charge in [0.25, 0.3) is 0 Å². The topological polar surface area (TPSA) is 91.2 Å². The number of aromatic nitrogens is 1. The van der Waals surface area contributed by atoms with Gasteiger partial charge in [-0.05, 0) is 11.6 Å². The molecule has 1 aromatic heterocycles. The van der Waals surface area contributed by atoms with Crippen molar-refractivity contribution in [1.29, 1.82) is 0 Å². The van der Waals surface area contributed by atoms with E-state index in [0.29, 0.717) is 12.2 Å². The molecule has 0 aliphatic heterocycles. The number of methoxy groups -OCH3 is 1. The molecule has 0 saturated heterocycles. The average molecular weight is 195 g/mol. The van der Waals surface area contributed by atoms with Crippen molar-refractivity contribution in [2.75, 3.05) is 13.7 Å². The third-order valence-corrected chi connectivity index (χ3v) is 1.82. The summed E-state index contributed by atoms with van der Waals surface area (Å²) in [6.45, 7) is 0.379. The molecule has 1 aromatic rings. The van der Waals surface area contributed by atoms with E-state index in [-0.39, 0.29) is 6.04 Å². The highest BCUT2D eigenvalue weighted by Gasteiger charge is 2.08. The molecule has 4 N–H and O–H groups in total. The van der Waals surface area contributed by atoms with E-state index in [1.165, 1.54) is 6.20 Å². The second-order valence-electron chi connectivity index (χ2n) is 2.93. The fourth-order valence-corrected chi connectivity index (χ4v) is 1.07. The molecule has 0 radical (unpaired) electrons. The van der Waals surface area contributed by atoms with Gasteiger partial charge in [-0.1, -0.05) is 0 Å². The monoisotopic (exact) mass is 195 g/mol. The van der Waals surface area contributed by atoms with Gasteiger partial charge in [-0.15, -0.1) is 0 Å². The Bertz CT molecular complexity index is 328. The molecule has 0 aliphatic carbocycles. The predicted molar refractivity (Wildman–Crippen MR) is 51.6 cm³/mol. The molecule has 0 bridgehead atoms. The largest absolute Gasteiger partial charge is 0.383 e. The molecule has 5 heteroatoms. The first-order chi connectivity index (χ1) is 6.65. The van der Waals surface area contributed by atoms with Crippen LogP contribution in [0.5, 0.6) is 0 Å². The molecular weight excluding hydrogens is 182 g/mol. The summed E-state index contributed by atoms with van der Waals surface area (Å²) in [6.07, 6.45) is 3.00. The lowest BCUT2D eigenvalue weighted by atomic mass is 10.1. The van der Waals surface area contributed by atoms with E-state index in [0.717, 1.165) is 5.56 Å². The van der Waals surface area contributed by atoms with Gasteiger partial charge < -0.3 is 16.2 Å². The van der Waals surface area contributed by atoms with E-state index >= 15 is 0 Å². The predicted octanol–water partition coefficient (Wildman–Crippen LogP) is -0.173. The summed E-state index contributed by atoms with van der Waals surface area (Å²) >= 11 is 0. The number of nitrogens with two attached hydrogens (primary N) is 2. The minimum Gasteiger partial charge on any atom is -0.383 e. The van der Waals surface area contributed by atoms with Crippen LogP contribution in [-0.4, -0.2) is 24.6 Å². The number of carbonyl (C=O) groups is 1. The first-order valence-electron chi connectivity index (χ1n) is 4.14. The lowest BCUT2D eigenvalue weighted by Gasteiger charge is -2.10. The molecule has 1 unspecified atom stereocenters. The van der Waals surface area contributed by atoms with Gasteiger partial charge in [-0.3, -0.25) is 9.78 Å². The molecule has 5 nitrogen and oxygen atoms in total. The summed E-state index contributed by atoms with van der Waals surface area (Å²) in [5, 5.41) is 0. The molecule has 0 aromatic carbocycles. The van der Waals surface area contributed by atoms with Crippen LogP contribution in [0.1, 0.15) is 22.0 Å². The maximum atomic E-state index is 10.8. The Morgan fingerprint density at radius 3 is 2.93 bits per heavy atom. The SMILES string of the molecule is COCC(N)c1cncc(C(N)=O)c1.